The molecule has 0 aliphatic rings. The minimum atomic E-state index is -1.32. The highest BCUT2D eigenvalue weighted by Gasteiger charge is 2.19. The molecular weight excluding hydrogens is 520 g/mol. The van der Waals surface area contributed by atoms with Gasteiger partial charge in [0.1, 0.15) is 0 Å². The second-order valence-electron chi connectivity index (χ2n) is 7.44. The number of carboxylic acids is 1. The molecule has 8 nitrogen and oxygen atoms in total. The van der Waals surface area contributed by atoms with Crippen LogP contribution in [0.4, 0.5) is 4.79 Å². The number of aromatic carboxylic acids is 1. The second-order valence-corrected chi connectivity index (χ2v) is 9.27. The Morgan fingerprint density at radius 1 is 0.967 bits per heavy atom. The van der Waals surface area contributed by atoms with Gasteiger partial charge in [-0.3, -0.25) is 4.68 Å². The molecule has 2 N–H and O–H groups in total. The molecule has 0 amide bonds. The maximum absolute atomic E-state index is 10.9. The van der Waals surface area contributed by atoms with Crippen LogP contribution >= 0.6 is 31.9 Å². The summed E-state index contributed by atoms with van der Waals surface area (Å²) in [5.74, 6) is -1.26. The molecule has 2 aromatic heterocycles. The SMILES string of the molecule is CC(C)(C)n1ncc2ccc(Br)cc21.O=C(O)c1nn(C(=O)O)c2ccc(Br)cc12. The van der Waals surface area contributed by atoms with E-state index < -0.39 is 12.1 Å². The zero-order valence-corrected chi connectivity index (χ0v) is 19.5. The minimum absolute atomic E-state index is 0.0303. The number of aromatic nitrogens is 4. The van der Waals surface area contributed by atoms with Crippen LogP contribution in [0.2, 0.25) is 0 Å². The van der Waals surface area contributed by atoms with Gasteiger partial charge in [-0.2, -0.15) is 14.9 Å². The smallest absolute Gasteiger partial charge is 0.432 e. The predicted molar refractivity (Wildman–Crippen MR) is 120 cm³/mol. The van der Waals surface area contributed by atoms with Crippen LogP contribution in [-0.4, -0.2) is 41.8 Å². The van der Waals surface area contributed by atoms with Crippen molar-refractivity contribution in [3.63, 3.8) is 0 Å². The van der Waals surface area contributed by atoms with E-state index in [9.17, 15) is 9.59 Å². The van der Waals surface area contributed by atoms with Crippen LogP contribution in [0.25, 0.3) is 21.8 Å². The van der Waals surface area contributed by atoms with Gasteiger partial charge in [0.15, 0.2) is 5.69 Å². The molecule has 0 aliphatic heterocycles. The molecule has 10 heteroatoms. The van der Waals surface area contributed by atoms with Crippen molar-refractivity contribution >= 4 is 65.7 Å². The van der Waals surface area contributed by atoms with Gasteiger partial charge in [-0.05, 0) is 51.1 Å². The number of rotatable bonds is 1. The maximum Gasteiger partial charge on any atom is 0.432 e. The van der Waals surface area contributed by atoms with Crippen LogP contribution in [0.3, 0.4) is 0 Å². The van der Waals surface area contributed by atoms with E-state index in [0.717, 1.165) is 4.47 Å². The fourth-order valence-corrected chi connectivity index (χ4v) is 3.63. The van der Waals surface area contributed by atoms with Crippen LogP contribution in [0.1, 0.15) is 31.3 Å². The summed E-state index contributed by atoms with van der Waals surface area (Å²) in [6.07, 6.45) is 0.590. The first kappa shape index (κ1) is 22.0. The Bertz CT molecular complexity index is 1270. The Morgan fingerprint density at radius 2 is 1.60 bits per heavy atom. The molecule has 0 fully saturated rings. The monoisotopic (exact) mass is 536 g/mol. The zero-order valence-electron chi connectivity index (χ0n) is 16.3. The highest BCUT2D eigenvalue weighted by Crippen LogP contribution is 2.25. The molecule has 4 rings (SSSR count). The first-order valence-electron chi connectivity index (χ1n) is 8.77. The average Bonchev–Trinajstić information content (AvgIpc) is 3.22. The molecule has 2 heterocycles. The van der Waals surface area contributed by atoms with Crippen molar-refractivity contribution in [1.29, 1.82) is 0 Å². The molecule has 0 spiro atoms. The van der Waals surface area contributed by atoms with Gasteiger partial charge in [0.25, 0.3) is 0 Å². The molecular formula is C20H18Br2N4O4. The Kier molecular flexibility index (Phi) is 6.00. The lowest BCUT2D eigenvalue weighted by Crippen LogP contribution is -2.22. The number of carbonyl (C=O) groups is 2. The van der Waals surface area contributed by atoms with E-state index in [1.807, 2.05) is 16.9 Å². The third-order valence-electron chi connectivity index (χ3n) is 4.19. The fourth-order valence-electron chi connectivity index (χ4n) is 2.92. The molecule has 156 valence electrons. The average molecular weight is 538 g/mol. The van der Waals surface area contributed by atoms with Crippen molar-refractivity contribution in [2.75, 3.05) is 0 Å². The van der Waals surface area contributed by atoms with Gasteiger partial charge in [0.2, 0.25) is 0 Å². The van der Waals surface area contributed by atoms with E-state index in [4.69, 9.17) is 10.2 Å². The Morgan fingerprint density at radius 3 is 2.20 bits per heavy atom. The van der Waals surface area contributed by atoms with Gasteiger partial charge in [-0.25, -0.2) is 9.59 Å². The largest absolute Gasteiger partial charge is 0.476 e. The molecule has 30 heavy (non-hydrogen) atoms. The van der Waals surface area contributed by atoms with Gasteiger partial charge < -0.3 is 10.2 Å². The van der Waals surface area contributed by atoms with Gasteiger partial charge in [-0.15, -0.1) is 0 Å². The van der Waals surface area contributed by atoms with Crippen molar-refractivity contribution in [2.45, 2.75) is 26.3 Å². The highest BCUT2D eigenvalue weighted by atomic mass is 79.9. The van der Waals surface area contributed by atoms with Crippen molar-refractivity contribution in [3.8, 4) is 0 Å². The molecule has 0 unspecified atom stereocenters. The first-order chi connectivity index (χ1) is 14.0. The lowest BCUT2D eigenvalue weighted by molar-refractivity contribution is 0.0692. The lowest BCUT2D eigenvalue weighted by atomic mass is 10.1. The lowest BCUT2D eigenvalue weighted by Gasteiger charge is -2.20. The van der Waals surface area contributed by atoms with E-state index in [1.165, 1.54) is 23.0 Å². The summed E-state index contributed by atoms with van der Waals surface area (Å²) in [5, 5.41) is 27.1. The van der Waals surface area contributed by atoms with Crippen LogP contribution in [0, 0.1) is 0 Å². The molecule has 0 aliphatic carbocycles. The van der Waals surface area contributed by atoms with Gasteiger partial charge >= 0.3 is 12.1 Å². The quantitative estimate of drug-likeness (QED) is 0.328. The van der Waals surface area contributed by atoms with Crippen LogP contribution < -0.4 is 0 Å². The molecule has 0 saturated heterocycles. The molecule has 0 saturated carbocycles. The molecule has 0 radical (unpaired) electrons. The van der Waals surface area contributed by atoms with Gasteiger partial charge in [0, 0.05) is 19.7 Å². The van der Waals surface area contributed by atoms with Crippen LogP contribution in [-0.2, 0) is 5.54 Å². The zero-order chi connectivity index (χ0) is 22.2. The Labute approximate surface area is 188 Å². The summed E-state index contributed by atoms with van der Waals surface area (Å²) in [6.45, 7) is 6.46. The van der Waals surface area contributed by atoms with Gasteiger partial charge in [-0.1, -0.05) is 37.9 Å². The van der Waals surface area contributed by atoms with Crippen molar-refractivity contribution < 1.29 is 19.8 Å². The topological polar surface area (TPSA) is 110 Å². The summed E-state index contributed by atoms with van der Waals surface area (Å²) in [6, 6.07) is 10.9. The van der Waals surface area contributed by atoms with Crippen molar-refractivity contribution in [1.82, 2.24) is 19.6 Å². The number of benzene rings is 2. The summed E-state index contributed by atoms with van der Waals surface area (Å²) in [7, 11) is 0. The van der Waals surface area contributed by atoms with E-state index in [1.54, 1.807) is 6.07 Å². The van der Waals surface area contributed by atoms with E-state index in [-0.39, 0.29) is 22.1 Å². The number of hydrogen-bond acceptors (Lipinski definition) is 4. The van der Waals surface area contributed by atoms with Gasteiger partial charge in [0.05, 0.1) is 22.8 Å². The molecule has 0 bridgehead atoms. The molecule has 4 aromatic rings. The number of carboxylic acid groups (broad SMARTS) is 2. The van der Waals surface area contributed by atoms with E-state index in [2.05, 4.69) is 75.0 Å². The normalized spacial score (nSPS) is 11.4. The van der Waals surface area contributed by atoms with Crippen molar-refractivity contribution in [3.05, 3.63) is 57.2 Å². The standard InChI is InChI=1S/C11H13BrN2.C9H5BrN2O4/c1-11(2,3)14-10-6-9(12)5-4-8(10)7-13-14;10-4-1-2-6-5(3-4)7(8(13)14)11-12(6)9(15)16/h4-7H,1-3H3;1-3H,(H,13,14)(H,15,16). The van der Waals surface area contributed by atoms with E-state index in [0.29, 0.717) is 9.15 Å². The summed E-state index contributed by atoms with van der Waals surface area (Å²) < 4.78 is 4.45. The number of hydrogen-bond donors (Lipinski definition) is 2. The van der Waals surface area contributed by atoms with E-state index >= 15 is 0 Å². The molecule has 0 atom stereocenters. The highest BCUT2D eigenvalue weighted by molar-refractivity contribution is 9.10. The van der Waals surface area contributed by atoms with Crippen LogP contribution in [0.15, 0.2) is 51.5 Å². The minimum Gasteiger partial charge on any atom is -0.476 e. The summed E-state index contributed by atoms with van der Waals surface area (Å²) in [5.41, 5.74) is 1.17. The Hall–Kier alpha value is -2.72. The van der Waals surface area contributed by atoms with Crippen molar-refractivity contribution in [2.24, 2.45) is 0 Å². The Balaban J connectivity index is 0.000000172. The number of halogens is 2. The van der Waals surface area contributed by atoms with Crippen LogP contribution in [0.5, 0.6) is 0 Å². The maximum atomic E-state index is 10.9. The number of nitrogens with zero attached hydrogens (tertiary/aromatic N) is 4. The third-order valence-corrected chi connectivity index (χ3v) is 5.18. The first-order valence-corrected chi connectivity index (χ1v) is 10.4. The predicted octanol–water partition coefficient (Wildman–Crippen LogP) is 5.58. The number of fused-ring (bicyclic) bond motifs is 2. The third kappa shape index (κ3) is 4.39. The second kappa shape index (κ2) is 8.19. The summed E-state index contributed by atoms with van der Waals surface area (Å²) >= 11 is 6.66. The summed E-state index contributed by atoms with van der Waals surface area (Å²) in [4.78, 5) is 21.7. The molecule has 2 aromatic carbocycles. The fraction of sp³-hybridized carbons (Fsp3) is 0.200.